The molecule has 2 amide bonds. The standard InChI is InChI=1S/C19H18N4O4S2/c1-2-14-20-21-19(28-14)22-29(26,27)13-7-5-12(6-8-13)23-17(24)15-10-3-4-11(9-10)16(15)18(23)25/h3-8,10-11,15-16H,2,9H2,1H3,(H,21,22)/t10-,11-,15-,16-/m0/s1. The monoisotopic (exact) mass is 430 g/mol. The van der Waals surface area contributed by atoms with Gasteiger partial charge in [-0.05, 0) is 48.9 Å². The summed E-state index contributed by atoms with van der Waals surface area (Å²) in [5.74, 6) is -0.677. The quantitative estimate of drug-likeness (QED) is 0.575. The van der Waals surface area contributed by atoms with Crippen LogP contribution in [0.1, 0.15) is 18.4 Å². The number of anilines is 2. The van der Waals surface area contributed by atoms with E-state index in [4.69, 9.17) is 0 Å². The molecule has 3 aliphatic rings. The minimum atomic E-state index is -3.84. The van der Waals surface area contributed by atoms with Gasteiger partial charge in [-0.3, -0.25) is 19.2 Å². The summed E-state index contributed by atoms with van der Waals surface area (Å²) < 4.78 is 27.6. The fraction of sp³-hybridized carbons (Fsp3) is 0.368. The number of nitrogens with zero attached hydrogens (tertiary/aromatic N) is 3. The molecule has 0 radical (unpaired) electrons. The van der Waals surface area contributed by atoms with Gasteiger partial charge >= 0.3 is 0 Å². The Kier molecular flexibility index (Phi) is 4.11. The Labute approximate surface area is 171 Å². The maximum Gasteiger partial charge on any atom is 0.263 e. The number of allylic oxidation sites excluding steroid dienone is 2. The SMILES string of the molecule is CCc1nnc(NS(=O)(=O)c2ccc(N3C(=O)[C@@H]4[C@@H](C3=O)[C@H]3C=C[C@H]4C3)cc2)s1. The molecule has 0 unspecified atom stereocenters. The van der Waals surface area contributed by atoms with Gasteiger partial charge in [-0.2, -0.15) is 0 Å². The molecule has 8 nitrogen and oxygen atoms in total. The molecule has 10 heteroatoms. The van der Waals surface area contributed by atoms with Gasteiger partial charge in [0.2, 0.25) is 16.9 Å². The van der Waals surface area contributed by atoms with Gasteiger partial charge in [-0.15, -0.1) is 10.2 Å². The second kappa shape index (κ2) is 6.46. The molecule has 1 N–H and O–H groups in total. The number of carbonyl (C=O) groups is 2. The van der Waals surface area contributed by atoms with E-state index < -0.39 is 10.0 Å². The fourth-order valence-corrected chi connectivity index (χ4v) is 6.45. The number of sulfonamides is 1. The van der Waals surface area contributed by atoms with Crippen LogP contribution in [0.2, 0.25) is 0 Å². The van der Waals surface area contributed by atoms with E-state index >= 15 is 0 Å². The molecular formula is C19H18N4O4S2. The van der Waals surface area contributed by atoms with Crippen molar-refractivity contribution in [2.75, 3.05) is 9.62 Å². The van der Waals surface area contributed by atoms with Crippen molar-refractivity contribution >= 4 is 44.0 Å². The summed E-state index contributed by atoms with van der Waals surface area (Å²) in [4.78, 5) is 27.0. The van der Waals surface area contributed by atoms with Gasteiger partial charge in [0.1, 0.15) is 5.01 Å². The van der Waals surface area contributed by atoms with Gasteiger partial charge in [0.15, 0.2) is 0 Å². The number of benzene rings is 1. The Bertz CT molecular complexity index is 1110. The number of fused-ring (bicyclic) bond motifs is 5. The van der Waals surface area contributed by atoms with Crippen LogP contribution in [0.25, 0.3) is 0 Å². The summed E-state index contributed by atoms with van der Waals surface area (Å²) in [5, 5.41) is 8.66. The molecule has 2 aromatic rings. The number of imide groups is 1. The van der Waals surface area contributed by atoms with Gasteiger partial charge in [-0.25, -0.2) is 8.42 Å². The Morgan fingerprint density at radius 3 is 2.24 bits per heavy atom. The highest BCUT2D eigenvalue weighted by atomic mass is 32.2. The molecule has 1 aromatic heterocycles. The Hall–Kier alpha value is -2.59. The van der Waals surface area contributed by atoms with Gasteiger partial charge < -0.3 is 0 Å². The topological polar surface area (TPSA) is 109 Å². The first-order chi connectivity index (χ1) is 13.9. The zero-order valence-corrected chi connectivity index (χ0v) is 17.1. The highest BCUT2D eigenvalue weighted by molar-refractivity contribution is 7.93. The lowest BCUT2D eigenvalue weighted by molar-refractivity contribution is -0.123. The zero-order chi connectivity index (χ0) is 20.3. The van der Waals surface area contributed by atoms with Crippen LogP contribution in [-0.2, 0) is 26.0 Å². The second-order valence-electron chi connectivity index (χ2n) is 7.47. The molecule has 1 aliphatic heterocycles. The van der Waals surface area contributed by atoms with Gasteiger partial charge in [0.25, 0.3) is 10.0 Å². The molecule has 2 bridgehead atoms. The van der Waals surface area contributed by atoms with Crippen molar-refractivity contribution in [2.24, 2.45) is 23.7 Å². The molecule has 150 valence electrons. The average molecular weight is 431 g/mol. The minimum Gasteiger partial charge on any atom is -0.274 e. The van der Waals surface area contributed by atoms with Gasteiger partial charge in [0, 0.05) is 0 Å². The summed E-state index contributed by atoms with van der Waals surface area (Å²) in [6, 6.07) is 5.78. The van der Waals surface area contributed by atoms with Crippen LogP contribution in [0.4, 0.5) is 10.8 Å². The van der Waals surface area contributed by atoms with Crippen molar-refractivity contribution < 1.29 is 18.0 Å². The molecule has 1 saturated carbocycles. The van der Waals surface area contributed by atoms with E-state index in [2.05, 4.69) is 14.9 Å². The number of hydrogen-bond donors (Lipinski definition) is 1. The van der Waals surface area contributed by atoms with Gasteiger partial charge in [-0.1, -0.05) is 30.4 Å². The van der Waals surface area contributed by atoms with Crippen molar-refractivity contribution in [1.82, 2.24) is 10.2 Å². The number of rotatable bonds is 5. The van der Waals surface area contributed by atoms with Crippen LogP contribution < -0.4 is 9.62 Å². The van der Waals surface area contributed by atoms with Crippen LogP contribution in [0.5, 0.6) is 0 Å². The van der Waals surface area contributed by atoms with Crippen molar-refractivity contribution in [1.29, 1.82) is 0 Å². The maximum absolute atomic E-state index is 12.9. The summed E-state index contributed by atoms with van der Waals surface area (Å²) in [7, 11) is -3.84. The van der Waals surface area contributed by atoms with Crippen molar-refractivity contribution in [3.05, 3.63) is 41.4 Å². The Balaban J connectivity index is 1.38. The van der Waals surface area contributed by atoms with E-state index in [9.17, 15) is 18.0 Å². The smallest absolute Gasteiger partial charge is 0.263 e. The maximum atomic E-state index is 12.9. The van der Waals surface area contributed by atoms with Crippen LogP contribution in [0.15, 0.2) is 41.3 Å². The van der Waals surface area contributed by atoms with E-state index in [1.54, 1.807) is 0 Å². The van der Waals surface area contributed by atoms with Crippen molar-refractivity contribution in [2.45, 2.75) is 24.7 Å². The number of carbonyl (C=O) groups excluding carboxylic acids is 2. The van der Waals surface area contributed by atoms with Crippen LogP contribution in [0.3, 0.4) is 0 Å². The normalized spacial score (nSPS) is 27.7. The van der Waals surface area contributed by atoms with E-state index in [0.29, 0.717) is 12.1 Å². The summed E-state index contributed by atoms with van der Waals surface area (Å²) in [6.07, 6.45) is 5.62. The van der Waals surface area contributed by atoms with Gasteiger partial charge in [0.05, 0.1) is 22.4 Å². The van der Waals surface area contributed by atoms with E-state index in [0.717, 1.165) is 11.4 Å². The second-order valence-corrected chi connectivity index (χ2v) is 10.2. The fourth-order valence-electron chi connectivity index (χ4n) is 4.54. The molecule has 1 saturated heterocycles. The van der Waals surface area contributed by atoms with Crippen LogP contribution in [0, 0.1) is 23.7 Å². The number of amides is 2. The first-order valence-corrected chi connectivity index (χ1v) is 11.7. The lowest BCUT2D eigenvalue weighted by Gasteiger charge is -2.17. The molecule has 4 atom stereocenters. The summed E-state index contributed by atoms with van der Waals surface area (Å²) >= 11 is 1.18. The third-order valence-electron chi connectivity index (χ3n) is 5.87. The van der Waals surface area contributed by atoms with Crippen molar-refractivity contribution in [3.63, 3.8) is 0 Å². The molecule has 2 heterocycles. The largest absolute Gasteiger partial charge is 0.274 e. The number of aromatic nitrogens is 2. The first kappa shape index (κ1) is 18.4. The molecule has 0 spiro atoms. The minimum absolute atomic E-state index is 0.0236. The lowest BCUT2D eigenvalue weighted by Crippen LogP contribution is -2.32. The zero-order valence-electron chi connectivity index (χ0n) is 15.5. The highest BCUT2D eigenvalue weighted by Gasteiger charge is 2.59. The third kappa shape index (κ3) is 2.81. The Morgan fingerprint density at radius 2 is 1.69 bits per heavy atom. The third-order valence-corrected chi connectivity index (χ3v) is 8.33. The van der Waals surface area contributed by atoms with Crippen molar-refractivity contribution in [3.8, 4) is 0 Å². The molecule has 29 heavy (non-hydrogen) atoms. The van der Waals surface area contributed by atoms with Crippen LogP contribution >= 0.6 is 11.3 Å². The Morgan fingerprint density at radius 1 is 1.07 bits per heavy atom. The molecule has 2 aliphatic carbocycles. The predicted molar refractivity (Wildman–Crippen MR) is 107 cm³/mol. The lowest BCUT2D eigenvalue weighted by atomic mass is 9.85. The summed E-state index contributed by atoms with van der Waals surface area (Å²) in [6.45, 7) is 1.91. The molecule has 2 fully saturated rings. The van der Waals surface area contributed by atoms with E-state index in [-0.39, 0.29) is 45.5 Å². The number of aryl methyl sites for hydroxylation is 1. The number of nitrogens with one attached hydrogen (secondary N) is 1. The first-order valence-electron chi connectivity index (χ1n) is 9.40. The molecular weight excluding hydrogens is 412 g/mol. The van der Waals surface area contributed by atoms with Crippen LogP contribution in [-0.4, -0.2) is 30.4 Å². The van der Waals surface area contributed by atoms with E-state index in [1.165, 1.54) is 40.5 Å². The molecule has 1 aromatic carbocycles. The number of hydrogen-bond acceptors (Lipinski definition) is 7. The average Bonchev–Trinajstić information content (AvgIpc) is 3.46. The predicted octanol–water partition coefficient (Wildman–Crippen LogP) is 2.21. The van der Waals surface area contributed by atoms with E-state index in [1.807, 2.05) is 19.1 Å². The molecule has 5 rings (SSSR count). The summed E-state index contributed by atoms with van der Waals surface area (Å²) in [5.41, 5.74) is 0.400. The highest BCUT2D eigenvalue weighted by Crippen LogP contribution is 2.53.